The summed E-state index contributed by atoms with van der Waals surface area (Å²) in [7, 11) is 0. The predicted octanol–water partition coefficient (Wildman–Crippen LogP) is 3.91. The standard InChI is InChI=1S/C12H9FOS/c13-9-5-7-10(8-6-9)14-11-3-1-2-4-12(11)15/h1-8,15H. The first-order valence-electron chi connectivity index (χ1n) is 4.47. The van der Waals surface area contributed by atoms with Crippen LogP contribution >= 0.6 is 12.6 Å². The Morgan fingerprint density at radius 3 is 2.27 bits per heavy atom. The third-order valence-electron chi connectivity index (χ3n) is 1.91. The van der Waals surface area contributed by atoms with E-state index in [-0.39, 0.29) is 5.82 Å². The van der Waals surface area contributed by atoms with E-state index >= 15 is 0 Å². The fraction of sp³-hybridized carbons (Fsp3) is 0. The SMILES string of the molecule is Fc1ccc(Oc2ccccc2S)cc1. The van der Waals surface area contributed by atoms with Crippen LogP contribution in [0.3, 0.4) is 0 Å². The highest BCUT2D eigenvalue weighted by molar-refractivity contribution is 7.80. The Labute approximate surface area is 92.9 Å². The zero-order valence-electron chi connectivity index (χ0n) is 7.85. The minimum atomic E-state index is -0.276. The second-order valence-corrected chi connectivity index (χ2v) is 3.51. The molecule has 0 spiro atoms. The number of hydrogen-bond acceptors (Lipinski definition) is 2. The van der Waals surface area contributed by atoms with Crippen LogP contribution in [0.4, 0.5) is 4.39 Å². The summed E-state index contributed by atoms with van der Waals surface area (Å²) in [6.07, 6.45) is 0. The molecule has 2 aromatic carbocycles. The van der Waals surface area contributed by atoms with Crippen molar-refractivity contribution in [1.29, 1.82) is 0 Å². The molecule has 0 heterocycles. The van der Waals surface area contributed by atoms with E-state index in [1.54, 1.807) is 12.1 Å². The number of ether oxygens (including phenoxy) is 1. The molecule has 0 aliphatic rings. The summed E-state index contributed by atoms with van der Waals surface area (Å²) in [4.78, 5) is 0.752. The molecular formula is C12H9FOS. The van der Waals surface area contributed by atoms with Gasteiger partial charge in [0.1, 0.15) is 17.3 Å². The first-order chi connectivity index (χ1) is 7.25. The summed E-state index contributed by atoms with van der Waals surface area (Å²) in [6.45, 7) is 0. The van der Waals surface area contributed by atoms with E-state index in [4.69, 9.17) is 4.74 Å². The molecule has 0 aliphatic heterocycles. The van der Waals surface area contributed by atoms with Gasteiger partial charge in [-0.3, -0.25) is 0 Å². The molecule has 0 saturated heterocycles. The minimum Gasteiger partial charge on any atom is -0.456 e. The van der Waals surface area contributed by atoms with Crippen molar-refractivity contribution in [3.05, 3.63) is 54.3 Å². The predicted molar refractivity (Wildman–Crippen MR) is 60.2 cm³/mol. The molecule has 0 radical (unpaired) electrons. The number of benzene rings is 2. The van der Waals surface area contributed by atoms with Gasteiger partial charge < -0.3 is 4.74 Å². The fourth-order valence-corrected chi connectivity index (χ4v) is 1.38. The van der Waals surface area contributed by atoms with Crippen molar-refractivity contribution in [2.75, 3.05) is 0 Å². The van der Waals surface area contributed by atoms with Gasteiger partial charge in [-0.15, -0.1) is 12.6 Å². The van der Waals surface area contributed by atoms with Crippen molar-refractivity contribution in [2.45, 2.75) is 4.90 Å². The van der Waals surface area contributed by atoms with Crippen molar-refractivity contribution in [1.82, 2.24) is 0 Å². The van der Waals surface area contributed by atoms with Crippen LogP contribution in [0.25, 0.3) is 0 Å². The highest BCUT2D eigenvalue weighted by Crippen LogP contribution is 2.27. The molecular weight excluding hydrogens is 211 g/mol. The third-order valence-corrected chi connectivity index (χ3v) is 2.28. The van der Waals surface area contributed by atoms with Gasteiger partial charge in [0.2, 0.25) is 0 Å². The van der Waals surface area contributed by atoms with Crippen LogP contribution in [0.2, 0.25) is 0 Å². The highest BCUT2D eigenvalue weighted by atomic mass is 32.1. The van der Waals surface area contributed by atoms with E-state index < -0.39 is 0 Å². The van der Waals surface area contributed by atoms with Crippen molar-refractivity contribution >= 4 is 12.6 Å². The van der Waals surface area contributed by atoms with E-state index in [2.05, 4.69) is 12.6 Å². The van der Waals surface area contributed by atoms with Crippen LogP contribution in [-0.4, -0.2) is 0 Å². The van der Waals surface area contributed by atoms with Gasteiger partial charge in [-0.05, 0) is 36.4 Å². The van der Waals surface area contributed by atoms with E-state index in [1.165, 1.54) is 12.1 Å². The molecule has 15 heavy (non-hydrogen) atoms. The Morgan fingerprint density at radius 1 is 0.933 bits per heavy atom. The normalized spacial score (nSPS) is 10.0. The Morgan fingerprint density at radius 2 is 1.60 bits per heavy atom. The van der Waals surface area contributed by atoms with Crippen molar-refractivity contribution in [3.8, 4) is 11.5 Å². The Balaban J connectivity index is 2.22. The lowest BCUT2D eigenvalue weighted by Gasteiger charge is -2.07. The summed E-state index contributed by atoms with van der Waals surface area (Å²) in [5.74, 6) is 0.979. The highest BCUT2D eigenvalue weighted by Gasteiger charge is 2.00. The van der Waals surface area contributed by atoms with Gasteiger partial charge in [-0.1, -0.05) is 12.1 Å². The topological polar surface area (TPSA) is 9.23 Å². The molecule has 0 N–H and O–H groups in total. The van der Waals surface area contributed by atoms with Crippen LogP contribution in [0.1, 0.15) is 0 Å². The molecule has 0 bridgehead atoms. The van der Waals surface area contributed by atoms with E-state index in [1.807, 2.05) is 24.3 Å². The Kier molecular flexibility index (Phi) is 2.92. The summed E-state index contributed by atoms with van der Waals surface area (Å²) in [5, 5.41) is 0. The monoisotopic (exact) mass is 220 g/mol. The zero-order chi connectivity index (χ0) is 10.7. The molecule has 1 nitrogen and oxygen atoms in total. The Hall–Kier alpha value is -1.48. The average molecular weight is 220 g/mol. The largest absolute Gasteiger partial charge is 0.456 e. The lowest BCUT2D eigenvalue weighted by Crippen LogP contribution is -1.85. The molecule has 0 atom stereocenters. The second-order valence-electron chi connectivity index (χ2n) is 3.02. The minimum absolute atomic E-state index is 0.276. The maximum atomic E-state index is 12.6. The number of rotatable bonds is 2. The molecule has 0 saturated carbocycles. The molecule has 0 fully saturated rings. The summed E-state index contributed by atoms with van der Waals surface area (Å²) >= 11 is 4.25. The fourth-order valence-electron chi connectivity index (χ4n) is 1.17. The molecule has 2 aromatic rings. The van der Waals surface area contributed by atoms with E-state index in [0.29, 0.717) is 11.5 Å². The van der Waals surface area contributed by atoms with Gasteiger partial charge in [0.15, 0.2) is 0 Å². The molecule has 0 aromatic heterocycles. The van der Waals surface area contributed by atoms with Gasteiger partial charge in [0, 0.05) is 4.90 Å². The van der Waals surface area contributed by atoms with E-state index in [0.717, 1.165) is 4.90 Å². The lowest BCUT2D eigenvalue weighted by molar-refractivity contribution is 0.469. The van der Waals surface area contributed by atoms with Crippen LogP contribution in [0.15, 0.2) is 53.4 Å². The molecule has 0 aliphatic carbocycles. The quantitative estimate of drug-likeness (QED) is 0.755. The van der Waals surface area contributed by atoms with Crippen LogP contribution in [0.5, 0.6) is 11.5 Å². The van der Waals surface area contributed by atoms with Gasteiger partial charge in [0.05, 0.1) is 0 Å². The van der Waals surface area contributed by atoms with Crippen molar-refractivity contribution < 1.29 is 9.13 Å². The summed E-state index contributed by atoms with van der Waals surface area (Å²) in [6, 6.07) is 13.3. The van der Waals surface area contributed by atoms with Gasteiger partial charge in [-0.2, -0.15) is 0 Å². The molecule has 0 unspecified atom stereocenters. The van der Waals surface area contributed by atoms with Crippen LogP contribution in [0, 0.1) is 5.82 Å². The summed E-state index contributed by atoms with van der Waals surface area (Å²) in [5.41, 5.74) is 0. The number of halogens is 1. The first-order valence-corrected chi connectivity index (χ1v) is 4.92. The molecule has 0 amide bonds. The van der Waals surface area contributed by atoms with Gasteiger partial charge >= 0.3 is 0 Å². The molecule has 2 rings (SSSR count). The molecule has 3 heteroatoms. The maximum absolute atomic E-state index is 12.6. The van der Waals surface area contributed by atoms with Crippen molar-refractivity contribution in [3.63, 3.8) is 0 Å². The zero-order valence-corrected chi connectivity index (χ0v) is 8.75. The first kappa shape index (κ1) is 10.1. The number of para-hydroxylation sites is 1. The third kappa shape index (κ3) is 2.50. The number of thiol groups is 1. The molecule has 76 valence electrons. The number of hydrogen-bond donors (Lipinski definition) is 1. The second kappa shape index (κ2) is 4.36. The van der Waals surface area contributed by atoms with Crippen LogP contribution in [-0.2, 0) is 0 Å². The smallest absolute Gasteiger partial charge is 0.140 e. The Bertz CT molecular complexity index is 453. The maximum Gasteiger partial charge on any atom is 0.140 e. The van der Waals surface area contributed by atoms with Crippen LogP contribution < -0.4 is 4.74 Å². The van der Waals surface area contributed by atoms with Crippen molar-refractivity contribution in [2.24, 2.45) is 0 Å². The summed E-state index contributed by atoms with van der Waals surface area (Å²) < 4.78 is 18.2. The van der Waals surface area contributed by atoms with Gasteiger partial charge in [-0.25, -0.2) is 4.39 Å². The van der Waals surface area contributed by atoms with E-state index in [9.17, 15) is 4.39 Å². The lowest BCUT2D eigenvalue weighted by atomic mass is 10.3. The van der Waals surface area contributed by atoms with Gasteiger partial charge in [0.25, 0.3) is 0 Å². The average Bonchev–Trinajstić information content (AvgIpc) is 2.25.